The summed E-state index contributed by atoms with van der Waals surface area (Å²) in [4.78, 5) is 20.3. The van der Waals surface area contributed by atoms with Gasteiger partial charge in [0.15, 0.2) is 0 Å². The van der Waals surface area contributed by atoms with Crippen molar-refractivity contribution in [1.82, 2.24) is 24.9 Å². The van der Waals surface area contributed by atoms with Crippen molar-refractivity contribution < 1.29 is 18.7 Å². The molecule has 3 atom stereocenters. The minimum atomic E-state index is -0.221. The highest BCUT2D eigenvalue weighted by molar-refractivity contribution is 5.86. The van der Waals surface area contributed by atoms with E-state index in [9.17, 15) is 4.79 Å². The Kier molecular flexibility index (Phi) is 7.81. The molecule has 3 aromatic heterocycles. The minimum Gasteiger partial charge on any atom is -0.487 e. The summed E-state index contributed by atoms with van der Waals surface area (Å²) in [7, 11) is 1.96. The molecule has 1 unspecified atom stereocenters. The van der Waals surface area contributed by atoms with Gasteiger partial charge < -0.3 is 13.9 Å². The van der Waals surface area contributed by atoms with Crippen molar-refractivity contribution in [2.75, 3.05) is 13.2 Å². The first-order chi connectivity index (χ1) is 21.9. The van der Waals surface area contributed by atoms with Gasteiger partial charge in [-0.1, -0.05) is 24.3 Å². The predicted octanol–water partition coefficient (Wildman–Crippen LogP) is 7.11. The number of carbonyl (C=O) groups excluding carboxylic acids is 1. The Bertz CT molecular complexity index is 1870. The van der Waals surface area contributed by atoms with E-state index in [1.54, 1.807) is 6.26 Å². The molecule has 1 saturated carbocycles. The highest BCUT2D eigenvalue weighted by Crippen LogP contribution is 2.46. The van der Waals surface area contributed by atoms with E-state index in [2.05, 4.69) is 54.2 Å². The summed E-state index contributed by atoms with van der Waals surface area (Å²) in [6, 6.07) is 12.7. The Morgan fingerprint density at radius 3 is 2.80 bits per heavy atom. The van der Waals surface area contributed by atoms with Crippen LogP contribution in [0.25, 0.3) is 22.0 Å². The van der Waals surface area contributed by atoms with Crippen LogP contribution in [0.3, 0.4) is 0 Å². The van der Waals surface area contributed by atoms with Gasteiger partial charge in [0.1, 0.15) is 23.0 Å². The molecule has 2 aromatic carbocycles. The number of hydrogen-bond acceptors (Lipinski definition) is 8. The summed E-state index contributed by atoms with van der Waals surface area (Å²) < 4.78 is 19.9. The maximum atomic E-state index is 13.2. The molecule has 0 N–H and O–H groups in total. The zero-order chi connectivity index (χ0) is 31.2. The van der Waals surface area contributed by atoms with Crippen LogP contribution in [-0.2, 0) is 23.1 Å². The zero-order valence-electron chi connectivity index (χ0n) is 26.7. The van der Waals surface area contributed by atoms with Crippen molar-refractivity contribution in [2.24, 2.45) is 7.05 Å². The Balaban J connectivity index is 1.34. The molecule has 0 amide bonds. The van der Waals surface area contributed by atoms with Gasteiger partial charge in [0.2, 0.25) is 0 Å². The van der Waals surface area contributed by atoms with Crippen molar-refractivity contribution in [3.63, 3.8) is 0 Å². The van der Waals surface area contributed by atoms with Gasteiger partial charge in [-0.05, 0) is 92.5 Å². The lowest BCUT2D eigenvalue weighted by atomic mass is 9.83. The Morgan fingerprint density at radius 1 is 1.18 bits per heavy atom. The molecule has 0 bridgehead atoms. The quantitative estimate of drug-likeness (QED) is 0.164. The molecule has 2 aliphatic rings. The van der Waals surface area contributed by atoms with Crippen LogP contribution in [0.15, 0.2) is 53.3 Å². The lowest BCUT2D eigenvalue weighted by molar-refractivity contribution is -0.143. The maximum absolute atomic E-state index is 13.2. The summed E-state index contributed by atoms with van der Waals surface area (Å²) in [6.45, 7) is 10.1. The number of ether oxygens (including phenoxy) is 2. The average molecular weight is 608 g/mol. The van der Waals surface area contributed by atoms with Crippen molar-refractivity contribution in [3.05, 3.63) is 82.4 Å². The van der Waals surface area contributed by atoms with Crippen molar-refractivity contribution >= 4 is 28.0 Å². The second kappa shape index (κ2) is 11.9. The smallest absolute Gasteiger partial charge is 0.306 e. The molecule has 1 aliphatic carbocycles. The van der Waals surface area contributed by atoms with Gasteiger partial charge in [-0.3, -0.25) is 14.7 Å². The molecular formula is C36H41N5O4. The predicted molar refractivity (Wildman–Crippen MR) is 172 cm³/mol. The van der Waals surface area contributed by atoms with E-state index in [1.165, 1.54) is 5.56 Å². The third-order valence-electron chi connectivity index (χ3n) is 9.62. The van der Waals surface area contributed by atoms with Crippen molar-refractivity contribution in [3.8, 4) is 5.75 Å². The lowest BCUT2D eigenvalue weighted by Gasteiger charge is -2.29. The van der Waals surface area contributed by atoms with Gasteiger partial charge in [0.25, 0.3) is 0 Å². The molecular weight excluding hydrogens is 566 g/mol. The number of hydrogen-bond donors (Lipinski definition) is 0. The van der Waals surface area contributed by atoms with Crippen LogP contribution in [0.2, 0.25) is 0 Å². The first kappa shape index (κ1) is 29.5. The normalized spacial score (nSPS) is 19.3. The molecule has 5 aromatic rings. The molecule has 1 fully saturated rings. The van der Waals surface area contributed by atoms with Gasteiger partial charge in [-0.2, -0.15) is 0 Å². The topological polar surface area (TPSA) is 95.5 Å². The number of fused-ring (bicyclic) bond motifs is 3. The summed E-state index contributed by atoms with van der Waals surface area (Å²) in [6.07, 6.45) is 7.07. The van der Waals surface area contributed by atoms with E-state index >= 15 is 0 Å². The fraction of sp³-hybridized carbons (Fsp3) is 0.444. The molecule has 1 aliphatic heterocycles. The van der Waals surface area contributed by atoms with Crippen molar-refractivity contribution in [1.29, 1.82) is 0 Å². The number of benzene rings is 2. The number of nitrogens with zero attached hydrogens (tertiary/aromatic N) is 5. The SMILES string of the molecule is CCOC(=O)CC(c1cc(CN2C[C@@H](CC)Oc3cccnc3[C@@H]2C)c2occc2c1)c1cc(C2CC2)c2c(nnn2C)c1C. The summed E-state index contributed by atoms with van der Waals surface area (Å²) in [5, 5.41) is 9.99. The van der Waals surface area contributed by atoms with Gasteiger partial charge in [-0.15, -0.1) is 5.10 Å². The van der Waals surface area contributed by atoms with E-state index in [-0.39, 0.29) is 30.5 Å². The number of aryl methyl sites for hydroxylation is 2. The molecule has 4 heterocycles. The molecule has 0 saturated heterocycles. The lowest BCUT2D eigenvalue weighted by Crippen LogP contribution is -2.34. The molecule has 45 heavy (non-hydrogen) atoms. The van der Waals surface area contributed by atoms with Crippen LogP contribution in [0.4, 0.5) is 0 Å². The number of carbonyl (C=O) groups is 1. The second-order valence-electron chi connectivity index (χ2n) is 12.6. The third kappa shape index (κ3) is 5.47. The van der Waals surface area contributed by atoms with Gasteiger partial charge in [-0.25, -0.2) is 4.68 Å². The Morgan fingerprint density at radius 2 is 2.02 bits per heavy atom. The van der Waals surface area contributed by atoms with E-state index in [4.69, 9.17) is 18.9 Å². The second-order valence-corrected chi connectivity index (χ2v) is 12.6. The number of aromatic nitrogens is 4. The van der Waals surface area contributed by atoms with E-state index < -0.39 is 0 Å². The molecule has 9 heteroatoms. The fourth-order valence-corrected chi connectivity index (χ4v) is 7.03. The summed E-state index contributed by atoms with van der Waals surface area (Å²) in [5.41, 5.74) is 9.37. The number of esters is 1. The van der Waals surface area contributed by atoms with Crippen LogP contribution in [0, 0.1) is 6.92 Å². The van der Waals surface area contributed by atoms with Gasteiger partial charge in [0, 0.05) is 43.2 Å². The van der Waals surface area contributed by atoms with Crippen LogP contribution in [0.1, 0.15) is 97.8 Å². The van der Waals surface area contributed by atoms with Crippen molar-refractivity contribution in [2.45, 2.75) is 83.9 Å². The molecule has 0 spiro atoms. The number of pyridine rings is 1. The molecule has 7 rings (SSSR count). The van der Waals surface area contributed by atoms with E-state index in [0.29, 0.717) is 19.1 Å². The third-order valence-corrected chi connectivity index (χ3v) is 9.62. The van der Waals surface area contributed by atoms with E-state index in [0.717, 1.165) is 81.5 Å². The average Bonchev–Trinajstić information content (AvgIpc) is 3.67. The maximum Gasteiger partial charge on any atom is 0.306 e. The fourth-order valence-electron chi connectivity index (χ4n) is 7.03. The first-order valence-electron chi connectivity index (χ1n) is 16.2. The van der Waals surface area contributed by atoms with Crippen LogP contribution in [0.5, 0.6) is 5.75 Å². The highest BCUT2D eigenvalue weighted by atomic mass is 16.5. The zero-order valence-corrected chi connectivity index (χ0v) is 26.7. The standard InChI is InChI=1S/C36H41N5O4/c1-6-27-20-41(22(4)34-31(45-27)9-8-13-37-34)19-26-16-25(15-24-12-14-44-36(24)26)29(18-32(42)43-7-2)28-17-30(23-10-11-23)35-33(21(28)3)38-39-40(35)5/h8-9,12-17,22-23,27,29H,6-7,10-11,18-20H2,1-5H3/t22-,27+,29?/m0/s1. The Hall–Kier alpha value is -4.24. The molecule has 0 radical (unpaired) electrons. The number of furan rings is 1. The largest absolute Gasteiger partial charge is 0.487 e. The Labute approximate surface area is 263 Å². The van der Waals surface area contributed by atoms with Gasteiger partial charge >= 0.3 is 5.97 Å². The van der Waals surface area contributed by atoms with Crippen LogP contribution < -0.4 is 4.74 Å². The van der Waals surface area contributed by atoms with E-state index in [1.807, 2.05) is 43.0 Å². The monoisotopic (exact) mass is 607 g/mol. The highest BCUT2D eigenvalue weighted by Gasteiger charge is 2.33. The number of rotatable bonds is 9. The van der Waals surface area contributed by atoms with Gasteiger partial charge in [0.05, 0.1) is 36.5 Å². The molecule has 234 valence electrons. The minimum absolute atomic E-state index is 0.0455. The first-order valence-corrected chi connectivity index (χ1v) is 16.2. The molecule has 9 nitrogen and oxygen atoms in total. The van der Waals surface area contributed by atoms with Crippen LogP contribution in [-0.4, -0.2) is 50.1 Å². The van der Waals surface area contributed by atoms with Crippen LogP contribution >= 0.6 is 0 Å². The summed E-state index contributed by atoms with van der Waals surface area (Å²) in [5.74, 6) is 0.914. The summed E-state index contributed by atoms with van der Waals surface area (Å²) >= 11 is 0.